The third-order valence-electron chi connectivity index (χ3n) is 5.18. The standard InChI is InChI=1S/C16H29N3O2/c20-16(19-10-12-21-13-11-19)6-3-9-18-8-2-5-15(18)14-4-1-7-17-14/h14-15,17H,1-13H2. The van der Waals surface area contributed by atoms with E-state index in [-0.39, 0.29) is 0 Å². The van der Waals surface area contributed by atoms with Gasteiger partial charge in [0.05, 0.1) is 13.2 Å². The van der Waals surface area contributed by atoms with Gasteiger partial charge in [0, 0.05) is 31.6 Å². The zero-order chi connectivity index (χ0) is 14.5. The molecule has 0 aromatic carbocycles. The number of hydrogen-bond donors (Lipinski definition) is 1. The van der Waals surface area contributed by atoms with Crippen LogP contribution in [0.15, 0.2) is 0 Å². The van der Waals surface area contributed by atoms with Crippen LogP contribution in [0.5, 0.6) is 0 Å². The smallest absolute Gasteiger partial charge is 0.222 e. The Hall–Kier alpha value is -0.650. The highest BCUT2D eigenvalue weighted by Crippen LogP contribution is 2.25. The molecule has 5 nitrogen and oxygen atoms in total. The number of carbonyl (C=O) groups is 1. The molecule has 2 unspecified atom stereocenters. The zero-order valence-corrected chi connectivity index (χ0v) is 13.1. The lowest BCUT2D eigenvalue weighted by molar-refractivity contribution is -0.135. The fourth-order valence-electron chi connectivity index (χ4n) is 4.03. The molecule has 3 heterocycles. The predicted molar refractivity (Wildman–Crippen MR) is 82.3 cm³/mol. The van der Waals surface area contributed by atoms with Crippen LogP contribution in [0.2, 0.25) is 0 Å². The largest absolute Gasteiger partial charge is 0.378 e. The van der Waals surface area contributed by atoms with E-state index in [0.717, 1.165) is 26.1 Å². The lowest BCUT2D eigenvalue weighted by atomic mass is 10.0. The van der Waals surface area contributed by atoms with E-state index in [1.165, 1.54) is 38.8 Å². The molecule has 1 N–H and O–H groups in total. The maximum atomic E-state index is 12.1. The highest BCUT2D eigenvalue weighted by molar-refractivity contribution is 5.76. The molecule has 3 aliphatic rings. The molecule has 0 saturated carbocycles. The van der Waals surface area contributed by atoms with Gasteiger partial charge in [-0.05, 0) is 51.7 Å². The highest BCUT2D eigenvalue weighted by atomic mass is 16.5. The lowest BCUT2D eigenvalue weighted by Gasteiger charge is -2.30. The summed E-state index contributed by atoms with van der Waals surface area (Å²) in [6, 6.07) is 1.41. The van der Waals surface area contributed by atoms with Crippen LogP contribution in [0.25, 0.3) is 0 Å². The van der Waals surface area contributed by atoms with Crippen molar-refractivity contribution >= 4 is 5.91 Å². The van der Waals surface area contributed by atoms with Gasteiger partial charge in [0.1, 0.15) is 0 Å². The second-order valence-electron chi connectivity index (χ2n) is 6.55. The van der Waals surface area contributed by atoms with Crippen LogP contribution in [0, 0.1) is 0 Å². The van der Waals surface area contributed by atoms with Gasteiger partial charge in [0.15, 0.2) is 0 Å². The van der Waals surface area contributed by atoms with Crippen molar-refractivity contribution in [3.63, 3.8) is 0 Å². The fourth-order valence-corrected chi connectivity index (χ4v) is 4.03. The first-order chi connectivity index (χ1) is 10.3. The van der Waals surface area contributed by atoms with Crippen molar-refractivity contribution in [3.05, 3.63) is 0 Å². The molecule has 0 bridgehead atoms. The molecule has 3 rings (SSSR count). The summed E-state index contributed by atoms with van der Waals surface area (Å²) in [5.41, 5.74) is 0. The lowest BCUT2D eigenvalue weighted by Crippen LogP contribution is -2.44. The summed E-state index contributed by atoms with van der Waals surface area (Å²) >= 11 is 0. The highest BCUT2D eigenvalue weighted by Gasteiger charge is 2.32. The number of rotatable bonds is 5. The van der Waals surface area contributed by atoms with Gasteiger partial charge in [-0.25, -0.2) is 0 Å². The maximum absolute atomic E-state index is 12.1. The van der Waals surface area contributed by atoms with E-state index in [2.05, 4.69) is 10.2 Å². The Kier molecular flexibility index (Phi) is 5.49. The summed E-state index contributed by atoms with van der Waals surface area (Å²) in [6.07, 6.45) is 6.99. The number of carbonyl (C=O) groups excluding carboxylic acids is 1. The summed E-state index contributed by atoms with van der Waals surface area (Å²) in [6.45, 7) is 6.44. The van der Waals surface area contributed by atoms with E-state index in [0.29, 0.717) is 37.6 Å². The minimum Gasteiger partial charge on any atom is -0.378 e. The Bertz CT molecular complexity index is 338. The summed E-state index contributed by atoms with van der Waals surface area (Å²) < 4.78 is 5.30. The molecular weight excluding hydrogens is 266 g/mol. The number of nitrogens with zero attached hydrogens (tertiary/aromatic N) is 2. The second kappa shape index (κ2) is 7.56. The van der Waals surface area contributed by atoms with E-state index >= 15 is 0 Å². The summed E-state index contributed by atoms with van der Waals surface area (Å²) in [7, 11) is 0. The van der Waals surface area contributed by atoms with Crippen molar-refractivity contribution < 1.29 is 9.53 Å². The molecule has 21 heavy (non-hydrogen) atoms. The van der Waals surface area contributed by atoms with E-state index in [1.54, 1.807) is 0 Å². The Labute approximate surface area is 128 Å². The number of amides is 1. The minimum atomic E-state index is 0.313. The number of morpholine rings is 1. The summed E-state index contributed by atoms with van der Waals surface area (Å²) in [5, 5.41) is 3.65. The van der Waals surface area contributed by atoms with E-state index in [1.807, 2.05) is 4.90 Å². The van der Waals surface area contributed by atoms with Crippen molar-refractivity contribution in [1.82, 2.24) is 15.1 Å². The van der Waals surface area contributed by atoms with E-state index < -0.39 is 0 Å². The van der Waals surface area contributed by atoms with Crippen molar-refractivity contribution in [1.29, 1.82) is 0 Å². The normalized spacial score (nSPS) is 31.0. The molecule has 0 aromatic rings. The quantitative estimate of drug-likeness (QED) is 0.816. The molecule has 0 aromatic heterocycles. The molecule has 3 fully saturated rings. The molecule has 0 aliphatic carbocycles. The predicted octanol–water partition coefficient (Wildman–Crippen LogP) is 0.842. The van der Waals surface area contributed by atoms with Gasteiger partial charge in [-0.1, -0.05) is 0 Å². The topological polar surface area (TPSA) is 44.8 Å². The molecule has 2 atom stereocenters. The molecule has 120 valence electrons. The molecule has 3 aliphatic heterocycles. The van der Waals surface area contributed by atoms with Crippen LogP contribution in [0.3, 0.4) is 0 Å². The van der Waals surface area contributed by atoms with Crippen LogP contribution in [0.1, 0.15) is 38.5 Å². The Morgan fingerprint density at radius 1 is 1.14 bits per heavy atom. The Morgan fingerprint density at radius 3 is 2.76 bits per heavy atom. The van der Waals surface area contributed by atoms with Crippen molar-refractivity contribution in [2.75, 3.05) is 45.9 Å². The van der Waals surface area contributed by atoms with Gasteiger partial charge in [0.2, 0.25) is 5.91 Å². The number of likely N-dealkylation sites (tertiary alicyclic amines) is 1. The number of ether oxygens (including phenoxy) is 1. The van der Waals surface area contributed by atoms with Gasteiger partial charge in [-0.3, -0.25) is 9.69 Å². The maximum Gasteiger partial charge on any atom is 0.222 e. The molecule has 3 saturated heterocycles. The van der Waals surface area contributed by atoms with Crippen LogP contribution in [0.4, 0.5) is 0 Å². The molecule has 5 heteroatoms. The Morgan fingerprint density at radius 2 is 2.00 bits per heavy atom. The third kappa shape index (κ3) is 3.96. The molecule has 0 radical (unpaired) electrons. The van der Waals surface area contributed by atoms with Gasteiger partial charge in [-0.2, -0.15) is 0 Å². The number of nitrogens with one attached hydrogen (secondary N) is 1. The fraction of sp³-hybridized carbons (Fsp3) is 0.938. The minimum absolute atomic E-state index is 0.313. The van der Waals surface area contributed by atoms with Crippen LogP contribution in [-0.4, -0.2) is 73.7 Å². The average Bonchev–Trinajstić information content (AvgIpc) is 3.18. The average molecular weight is 295 g/mol. The number of hydrogen-bond acceptors (Lipinski definition) is 4. The van der Waals surface area contributed by atoms with Gasteiger partial charge >= 0.3 is 0 Å². The van der Waals surface area contributed by atoms with Gasteiger partial charge in [0.25, 0.3) is 0 Å². The summed E-state index contributed by atoms with van der Waals surface area (Å²) in [5.74, 6) is 0.313. The van der Waals surface area contributed by atoms with E-state index in [9.17, 15) is 4.79 Å². The molecular formula is C16H29N3O2. The van der Waals surface area contributed by atoms with Crippen LogP contribution < -0.4 is 5.32 Å². The van der Waals surface area contributed by atoms with Crippen molar-refractivity contribution in [2.45, 2.75) is 50.6 Å². The van der Waals surface area contributed by atoms with Crippen LogP contribution >= 0.6 is 0 Å². The van der Waals surface area contributed by atoms with Crippen LogP contribution in [-0.2, 0) is 9.53 Å². The molecule has 0 spiro atoms. The van der Waals surface area contributed by atoms with Crippen molar-refractivity contribution in [3.8, 4) is 0 Å². The first-order valence-corrected chi connectivity index (χ1v) is 8.67. The second-order valence-corrected chi connectivity index (χ2v) is 6.55. The molecule has 1 amide bonds. The van der Waals surface area contributed by atoms with Gasteiger partial charge < -0.3 is 15.0 Å². The monoisotopic (exact) mass is 295 g/mol. The SMILES string of the molecule is O=C(CCCN1CCCC1C1CCCN1)N1CCOCC1. The third-order valence-corrected chi connectivity index (χ3v) is 5.18. The summed E-state index contributed by atoms with van der Waals surface area (Å²) in [4.78, 5) is 16.7. The first-order valence-electron chi connectivity index (χ1n) is 8.67. The van der Waals surface area contributed by atoms with E-state index in [4.69, 9.17) is 4.74 Å². The zero-order valence-electron chi connectivity index (χ0n) is 13.1. The first kappa shape index (κ1) is 15.3. The van der Waals surface area contributed by atoms with Gasteiger partial charge in [-0.15, -0.1) is 0 Å². The Balaban J connectivity index is 1.38. The van der Waals surface area contributed by atoms with Crippen molar-refractivity contribution in [2.24, 2.45) is 0 Å².